The largest absolute Gasteiger partial charge is 0.357 e. The highest BCUT2D eigenvalue weighted by Crippen LogP contribution is 2.04. The van der Waals surface area contributed by atoms with E-state index in [0.717, 1.165) is 0 Å². The van der Waals surface area contributed by atoms with Crippen molar-refractivity contribution < 1.29 is 4.92 Å². The van der Waals surface area contributed by atoms with Gasteiger partial charge in [0, 0.05) is 31.6 Å². The maximum Gasteiger partial charge on any atom is 0.269 e. The molecule has 0 aliphatic heterocycles. The van der Waals surface area contributed by atoms with Gasteiger partial charge in [-0.25, -0.2) is 0 Å². The zero-order valence-electron chi connectivity index (χ0n) is 9.25. The lowest BCUT2D eigenvalue weighted by Crippen LogP contribution is -1.84. The van der Waals surface area contributed by atoms with Crippen molar-refractivity contribution in [3.8, 4) is 0 Å². The monoisotopic (exact) mass is 208 g/mol. The Balaban J connectivity index is 0.000000921. The van der Waals surface area contributed by atoms with Crippen molar-refractivity contribution in [1.29, 1.82) is 0 Å². The first-order valence-electron chi connectivity index (χ1n) is 4.80. The lowest BCUT2D eigenvalue weighted by atomic mass is 10.4. The Morgan fingerprint density at radius 1 is 1.13 bits per heavy atom. The molecule has 0 spiro atoms. The smallest absolute Gasteiger partial charge is 0.269 e. The third kappa shape index (κ3) is 5.46. The second-order valence-electron chi connectivity index (χ2n) is 2.56. The van der Waals surface area contributed by atoms with E-state index in [9.17, 15) is 10.1 Å². The molecule has 0 aliphatic rings. The molecule has 15 heavy (non-hydrogen) atoms. The molecule has 0 atom stereocenters. The van der Waals surface area contributed by atoms with Crippen LogP contribution in [0.1, 0.15) is 13.8 Å². The standard InChI is InChI=1S/C9H10N2O2.C2H6/c1-10-7-3-2-5-9(11(12)13)6-4-8-10;1-2/h2-8H,1H3;1-2H3. The van der Waals surface area contributed by atoms with E-state index in [1.54, 1.807) is 24.4 Å². The zero-order chi connectivity index (χ0) is 11.7. The molecule has 4 heteroatoms. The Hall–Kier alpha value is -1.84. The summed E-state index contributed by atoms with van der Waals surface area (Å²) in [6, 6.07) is 7.93. The van der Waals surface area contributed by atoms with Gasteiger partial charge in [0.15, 0.2) is 0 Å². The highest BCUT2D eigenvalue weighted by molar-refractivity contribution is 5.25. The Morgan fingerprint density at radius 2 is 1.67 bits per heavy atom. The minimum atomic E-state index is -0.417. The van der Waals surface area contributed by atoms with E-state index in [1.807, 2.05) is 31.7 Å². The van der Waals surface area contributed by atoms with Crippen LogP contribution in [-0.4, -0.2) is 9.49 Å². The first kappa shape index (κ1) is 13.2. The highest BCUT2D eigenvalue weighted by atomic mass is 16.6. The van der Waals surface area contributed by atoms with Crippen molar-refractivity contribution in [1.82, 2.24) is 4.57 Å². The van der Waals surface area contributed by atoms with Gasteiger partial charge in [0.25, 0.3) is 5.69 Å². The lowest BCUT2D eigenvalue weighted by Gasteiger charge is -1.86. The quantitative estimate of drug-likeness (QED) is 0.526. The normalized spacial score (nSPS) is 8.20. The second kappa shape index (κ2) is 7.55. The summed E-state index contributed by atoms with van der Waals surface area (Å²) >= 11 is 0. The minimum Gasteiger partial charge on any atom is -0.357 e. The fourth-order valence-corrected chi connectivity index (χ4v) is 0.844. The van der Waals surface area contributed by atoms with E-state index in [0.29, 0.717) is 0 Å². The summed E-state index contributed by atoms with van der Waals surface area (Å²) in [4.78, 5) is 10.0. The van der Waals surface area contributed by atoms with Crippen LogP contribution in [0, 0.1) is 10.1 Å². The second-order valence-corrected chi connectivity index (χ2v) is 2.56. The molecule has 0 fully saturated rings. The van der Waals surface area contributed by atoms with Crippen LogP contribution in [0.25, 0.3) is 0 Å². The molecule has 4 nitrogen and oxygen atoms in total. The molecular formula is C11H16N2O2. The average Bonchev–Trinajstić information content (AvgIpc) is 2.33. The molecule has 0 amide bonds. The third-order valence-corrected chi connectivity index (χ3v) is 1.50. The van der Waals surface area contributed by atoms with Crippen molar-refractivity contribution >= 4 is 5.69 Å². The van der Waals surface area contributed by atoms with E-state index in [2.05, 4.69) is 0 Å². The Morgan fingerprint density at radius 3 is 2.27 bits per heavy atom. The zero-order valence-corrected chi connectivity index (χ0v) is 9.25. The summed E-state index contributed by atoms with van der Waals surface area (Å²) in [7, 11) is 1.85. The van der Waals surface area contributed by atoms with Crippen LogP contribution in [0.4, 0.5) is 5.69 Å². The molecule has 1 rings (SSSR count). The lowest BCUT2D eigenvalue weighted by molar-refractivity contribution is -0.384. The predicted molar refractivity (Wildman–Crippen MR) is 61.0 cm³/mol. The molecule has 1 heterocycles. The van der Waals surface area contributed by atoms with Crippen LogP contribution in [0.3, 0.4) is 0 Å². The Labute approximate surface area is 89.6 Å². The van der Waals surface area contributed by atoms with Crippen LogP contribution >= 0.6 is 0 Å². The minimum absolute atomic E-state index is 0.0798. The van der Waals surface area contributed by atoms with Gasteiger partial charge in [0.2, 0.25) is 0 Å². The van der Waals surface area contributed by atoms with Crippen LogP contribution in [-0.2, 0) is 7.05 Å². The maximum absolute atomic E-state index is 10.4. The molecule has 0 saturated carbocycles. The molecule has 0 aliphatic carbocycles. The molecule has 1 aromatic heterocycles. The summed E-state index contributed by atoms with van der Waals surface area (Å²) in [6.45, 7) is 4.00. The van der Waals surface area contributed by atoms with E-state index in [-0.39, 0.29) is 5.69 Å². The van der Waals surface area contributed by atoms with Crippen LogP contribution in [0.2, 0.25) is 0 Å². The van der Waals surface area contributed by atoms with Gasteiger partial charge in [-0.2, -0.15) is 0 Å². The van der Waals surface area contributed by atoms with Gasteiger partial charge in [-0.3, -0.25) is 10.1 Å². The van der Waals surface area contributed by atoms with Gasteiger partial charge in [0.05, 0.1) is 4.92 Å². The van der Waals surface area contributed by atoms with E-state index in [1.165, 1.54) is 12.1 Å². The predicted octanol–water partition coefficient (Wildman–Crippen LogP) is 3.08. The molecule has 0 N–H and O–H groups in total. The van der Waals surface area contributed by atoms with Gasteiger partial charge in [0.1, 0.15) is 0 Å². The third-order valence-electron chi connectivity index (χ3n) is 1.50. The summed E-state index contributed by atoms with van der Waals surface area (Å²) in [5.74, 6) is 0. The number of aryl methyl sites for hydroxylation is 1. The average molecular weight is 208 g/mol. The van der Waals surface area contributed by atoms with Gasteiger partial charge >= 0.3 is 0 Å². The number of hydrogen-bond acceptors (Lipinski definition) is 2. The summed E-state index contributed by atoms with van der Waals surface area (Å²) in [6.07, 6.45) is 3.55. The van der Waals surface area contributed by atoms with Gasteiger partial charge in [-0.1, -0.05) is 19.9 Å². The van der Waals surface area contributed by atoms with Gasteiger partial charge in [-0.15, -0.1) is 0 Å². The van der Waals surface area contributed by atoms with Crippen molar-refractivity contribution in [2.24, 2.45) is 7.05 Å². The first-order valence-corrected chi connectivity index (χ1v) is 4.80. The Bertz CT molecular complexity index is 357. The van der Waals surface area contributed by atoms with Crippen molar-refractivity contribution in [3.05, 3.63) is 52.8 Å². The SMILES string of the molecule is CC.Cn1ccccc([N+](=O)[O-])ccc1. The van der Waals surface area contributed by atoms with Crippen LogP contribution < -0.4 is 0 Å². The molecule has 0 bridgehead atoms. The molecule has 0 radical (unpaired) electrons. The van der Waals surface area contributed by atoms with Crippen molar-refractivity contribution in [3.63, 3.8) is 0 Å². The van der Waals surface area contributed by atoms with E-state index in [4.69, 9.17) is 0 Å². The summed E-state index contributed by atoms with van der Waals surface area (Å²) in [5.41, 5.74) is 0.0798. The van der Waals surface area contributed by atoms with Gasteiger partial charge in [-0.05, 0) is 12.1 Å². The van der Waals surface area contributed by atoms with E-state index < -0.39 is 4.92 Å². The molecule has 82 valence electrons. The molecular weight excluding hydrogens is 192 g/mol. The number of rotatable bonds is 1. The van der Waals surface area contributed by atoms with Gasteiger partial charge < -0.3 is 4.57 Å². The number of aromatic nitrogens is 1. The van der Waals surface area contributed by atoms with Crippen molar-refractivity contribution in [2.75, 3.05) is 0 Å². The van der Waals surface area contributed by atoms with E-state index >= 15 is 0 Å². The van der Waals surface area contributed by atoms with Crippen molar-refractivity contribution in [2.45, 2.75) is 13.8 Å². The number of nitrogens with zero attached hydrogens (tertiary/aromatic N) is 2. The highest BCUT2D eigenvalue weighted by Gasteiger charge is 1.97. The van der Waals surface area contributed by atoms with Crippen LogP contribution in [0.5, 0.6) is 0 Å². The molecule has 0 unspecified atom stereocenters. The fraction of sp³-hybridized carbons (Fsp3) is 0.273. The van der Waals surface area contributed by atoms with Crippen LogP contribution in [0.15, 0.2) is 42.7 Å². The number of nitro groups is 1. The Kier molecular flexibility index (Phi) is 6.63. The summed E-state index contributed by atoms with van der Waals surface area (Å²) < 4.78 is 1.81. The maximum atomic E-state index is 10.4. The topological polar surface area (TPSA) is 48.1 Å². The molecule has 1 aromatic rings. The molecule has 0 saturated heterocycles. The number of hydrogen-bond donors (Lipinski definition) is 0. The fourth-order valence-electron chi connectivity index (χ4n) is 0.844. The first-order chi connectivity index (χ1) is 7.20. The molecule has 0 aromatic carbocycles. The summed E-state index contributed by atoms with van der Waals surface area (Å²) in [5, 5.41) is 10.4.